The molecular weight excluding hydrogens is 270 g/mol. The van der Waals surface area contributed by atoms with Crippen molar-refractivity contribution in [3.05, 3.63) is 24.1 Å². The molecule has 1 heterocycles. The lowest BCUT2D eigenvalue weighted by Crippen LogP contribution is -2.24. The molecule has 0 spiro atoms. The minimum Gasteiger partial charge on any atom is -0.497 e. The zero-order valence-corrected chi connectivity index (χ0v) is 12.8. The van der Waals surface area contributed by atoms with Crippen LogP contribution in [0.15, 0.2) is 22.7 Å². The Hall–Kier alpha value is -2.08. The topological polar surface area (TPSA) is 83.4 Å². The van der Waals surface area contributed by atoms with E-state index >= 15 is 0 Å². The van der Waals surface area contributed by atoms with Gasteiger partial charge in [0.2, 0.25) is 11.7 Å². The van der Waals surface area contributed by atoms with Gasteiger partial charge in [0.15, 0.2) is 0 Å². The van der Waals surface area contributed by atoms with Gasteiger partial charge in [0.1, 0.15) is 11.5 Å². The Morgan fingerprint density at radius 1 is 1.19 bits per heavy atom. The summed E-state index contributed by atoms with van der Waals surface area (Å²) in [6.45, 7) is 3.99. The van der Waals surface area contributed by atoms with Crippen LogP contribution in [0.4, 0.5) is 0 Å². The second kappa shape index (κ2) is 6.58. The maximum atomic E-state index is 5.95. The van der Waals surface area contributed by atoms with Crippen LogP contribution in [-0.4, -0.2) is 30.4 Å². The average Bonchev–Trinajstić information content (AvgIpc) is 2.96. The van der Waals surface area contributed by atoms with E-state index in [-0.39, 0.29) is 12.0 Å². The van der Waals surface area contributed by atoms with Crippen LogP contribution < -0.4 is 15.2 Å². The predicted octanol–water partition coefficient (Wildman–Crippen LogP) is 2.59. The summed E-state index contributed by atoms with van der Waals surface area (Å²) < 4.78 is 15.9. The zero-order chi connectivity index (χ0) is 15.4. The fourth-order valence-electron chi connectivity index (χ4n) is 2.21. The highest BCUT2D eigenvalue weighted by Gasteiger charge is 2.21. The number of nitrogens with zero attached hydrogens (tertiary/aromatic N) is 2. The summed E-state index contributed by atoms with van der Waals surface area (Å²) in [7, 11) is 3.20. The number of hydrogen-bond donors (Lipinski definition) is 1. The molecule has 0 radical (unpaired) electrons. The van der Waals surface area contributed by atoms with Gasteiger partial charge in [0, 0.05) is 17.7 Å². The molecule has 6 nitrogen and oxygen atoms in total. The first-order valence-electron chi connectivity index (χ1n) is 6.91. The van der Waals surface area contributed by atoms with Crippen molar-refractivity contribution in [3.63, 3.8) is 0 Å². The maximum Gasteiger partial charge on any atom is 0.231 e. The van der Waals surface area contributed by atoms with Gasteiger partial charge in [-0.05, 0) is 25.5 Å². The fraction of sp³-hybridized carbons (Fsp3) is 0.467. The zero-order valence-electron chi connectivity index (χ0n) is 12.8. The highest BCUT2D eigenvalue weighted by atomic mass is 16.5. The first kappa shape index (κ1) is 15.3. The number of methoxy groups -OCH3 is 2. The summed E-state index contributed by atoms with van der Waals surface area (Å²) in [5.41, 5.74) is 6.73. The first-order valence-corrected chi connectivity index (χ1v) is 6.91. The van der Waals surface area contributed by atoms with Crippen molar-refractivity contribution < 1.29 is 14.0 Å². The van der Waals surface area contributed by atoms with E-state index in [9.17, 15) is 0 Å². The van der Waals surface area contributed by atoms with E-state index in [0.717, 1.165) is 12.0 Å². The Balaban J connectivity index is 2.37. The molecule has 2 atom stereocenters. The van der Waals surface area contributed by atoms with E-state index in [1.54, 1.807) is 20.3 Å². The molecule has 6 heteroatoms. The van der Waals surface area contributed by atoms with E-state index in [1.807, 2.05) is 26.0 Å². The molecule has 21 heavy (non-hydrogen) atoms. The highest BCUT2D eigenvalue weighted by molar-refractivity contribution is 5.60. The van der Waals surface area contributed by atoms with E-state index in [4.69, 9.17) is 19.7 Å². The van der Waals surface area contributed by atoms with Crippen LogP contribution in [0.3, 0.4) is 0 Å². The normalized spacial score (nSPS) is 13.8. The Labute approximate surface area is 124 Å². The standard InChI is InChI=1S/C15H21N3O3/c1-5-13(9(2)16)15-17-14(18-21-15)10-6-11(19-3)8-12(7-10)20-4/h6-9,13H,5,16H2,1-4H3. The van der Waals surface area contributed by atoms with Gasteiger partial charge in [-0.3, -0.25) is 0 Å². The highest BCUT2D eigenvalue weighted by Crippen LogP contribution is 2.29. The molecule has 2 aromatic rings. The third-order valence-corrected chi connectivity index (χ3v) is 3.44. The van der Waals surface area contributed by atoms with Crippen molar-refractivity contribution in [1.82, 2.24) is 10.1 Å². The summed E-state index contributed by atoms with van der Waals surface area (Å²) >= 11 is 0. The van der Waals surface area contributed by atoms with Crippen LogP contribution in [0, 0.1) is 0 Å². The lowest BCUT2D eigenvalue weighted by Gasteiger charge is -2.13. The van der Waals surface area contributed by atoms with Gasteiger partial charge in [-0.2, -0.15) is 4.98 Å². The number of aromatic nitrogens is 2. The van der Waals surface area contributed by atoms with Crippen LogP contribution in [0.2, 0.25) is 0 Å². The molecule has 0 amide bonds. The molecule has 0 aliphatic carbocycles. The van der Waals surface area contributed by atoms with Crippen LogP contribution in [0.1, 0.15) is 32.1 Å². The minimum absolute atomic E-state index is 0.0388. The van der Waals surface area contributed by atoms with Crippen molar-refractivity contribution in [3.8, 4) is 22.9 Å². The summed E-state index contributed by atoms with van der Waals surface area (Å²) in [6.07, 6.45) is 0.848. The van der Waals surface area contributed by atoms with Crippen molar-refractivity contribution in [2.75, 3.05) is 14.2 Å². The maximum absolute atomic E-state index is 5.95. The number of nitrogens with two attached hydrogens (primary N) is 1. The second-order valence-electron chi connectivity index (χ2n) is 4.93. The number of hydrogen-bond acceptors (Lipinski definition) is 6. The van der Waals surface area contributed by atoms with Gasteiger partial charge in [0.25, 0.3) is 0 Å². The monoisotopic (exact) mass is 291 g/mol. The molecule has 2 N–H and O–H groups in total. The SMILES string of the molecule is CCC(c1nc(-c2cc(OC)cc(OC)c2)no1)C(C)N. The van der Waals surface area contributed by atoms with Crippen molar-refractivity contribution >= 4 is 0 Å². The van der Waals surface area contributed by atoms with Gasteiger partial charge in [0.05, 0.1) is 20.1 Å². The van der Waals surface area contributed by atoms with E-state index < -0.39 is 0 Å². The Kier molecular flexibility index (Phi) is 4.80. The van der Waals surface area contributed by atoms with Crippen molar-refractivity contribution in [1.29, 1.82) is 0 Å². The Morgan fingerprint density at radius 3 is 2.29 bits per heavy atom. The average molecular weight is 291 g/mol. The van der Waals surface area contributed by atoms with E-state index in [0.29, 0.717) is 23.2 Å². The molecule has 0 saturated carbocycles. The molecule has 2 rings (SSSR count). The third-order valence-electron chi connectivity index (χ3n) is 3.44. The summed E-state index contributed by atoms with van der Waals surface area (Å²) in [5.74, 6) is 2.47. The first-order chi connectivity index (χ1) is 10.1. The molecule has 114 valence electrons. The summed E-state index contributed by atoms with van der Waals surface area (Å²) in [5, 5.41) is 4.04. The summed E-state index contributed by atoms with van der Waals surface area (Å²) in [6, 6.07) is 5.43. The number of ether oxygens (including phenoxy) is 2. The Bertz CT molecular complexity index is 573. The number of benzene rings is 1. The molecule has 2 unspecified atom stereocenters. The summed E-state index contributed by atoms with van der Waals surface area (Å²) in [4.78, 5) is 4.45. The molecule has 0 aliphatic rings. The molecule has 0 fully saturated rings. The van der Waals surface area contributed by atoms with E-state index in [1.165, 1.54) is 0 Å². The van der Waals surface area contributed by atoms with Gasteiger partial charge in [-0.25, -0.2) is 0 Å². The van der Waals surface area contributed by atoms with Gasteiger partial charge in [-0.15, -0.1) is 0 Å². The van der Waals surface area contributed by atoms with Crippen LogP contribution in [0.5, 0.6) is 11.5 Å². The molecule has 0 aliphatic heterocycles. The van der Waals surface area contributed by atoms with Gasteiger partial charge in [-0.1, -0.05) is 12.1 Å². The second-order valence-corrected chi connectivity index (χ2v) is 4.93. The van der Waals surface area contributed by atoms with Crippen LogP contribution in [0.25, 0.3) is 11.4 Å². The molecule has 0 saturated heterocycles. The van der Waals surface area contributed by atoms with Crippen LogP contribution >= 0.6 is 0 Å². The smallest absolute Gasteiger partial charge is 0.231 e. The Morgan fingerprint density at radius 2 is 1.81 bits per heavy atom. The van der Waals surface area contributed by atoms with Crippen LogP contribution in [-0.2, 0) is 0 Å². The molecule has 1 aromatic carbocycles. The lowest BCUT2D eigenvalue weighted by molar-refractivity contribution is 0.334. The molecule has 0 bridgehead atoms. The minimum atomic E-state index is -0.0388. The van der Waals surface area contributed by atoms with E-state index in [2.05, 4.69) is 10.1 Å². The quantitative estimate of drug-likeness (QED) is 0.880. The predicted molar refractivity (Wildman–Crippen MR) is 79.5 cm³/mol. The fourth-order valence-corrected chi connectivity index (χ4v) is 2.21. The molecule has 1 aromatic heterocycles. The van der Waals surface area contributed by atoms with Crippen molar-refractivity contribution in [2.24, 2.45) is 5.73 Å². The third kappa shape index (κ3) is 3.33. The number of rotatable bonds is 6. The van der Waals surface area contributed by atoms with Gasteiger partial charge < -0.3 is 19.7 Å². The molecular formula is C15H21N3O3. The van der Waals surface area contributed by atoms with Gasteiger partial charge >= 0.3 is 0 Å². The van der Waals surface area contributed by atoms with Crippen molar-refractivity contribution in [2.45, 2.75) is 32.2 Å². The largest absolute Gasteiger partial charge is 0.497 e. The lowest BCUT2D eigenvalue weighted by atomic mass is 9.99.